The molecule has 5 nitrogen and oxygen atoms in total. The molecule has 2 rings (SSSR count). The smallest absolute Gasteiger partial charge is 0.261 e. The maximum atomic E-state index is 12.0. The molecule has 0 aliphatic carbocycles. The fourth-order valence-corrected chi connectivity index (χ4v) is 1.94. The molecule has 0 aromatic heterocycles. The van der Waals surface area contributed by atoms with Gasteiger partial charge in [0.25, 0.3) is 11.8 Å². The molecule has 1 aliphatic rings. The largest absolute Gasteiger partial charge is 0.392 e. The quantitative estimate of drug-likeness (QED) is 0.579. The minimum Gasteiger partial charge on any atom is -0.392 e. The fraction of sp³-hybridized carbons (Fsp3) is 0.385. The van der Waals surface area contributed by atoms with Gasteiger partial charge in [0.1, 0.15) is 0 Å². The van der Waals surface area contributed by atoms with Gasteiger partial charge in [-0.3, -0.25) is 14.5 Å². The molecule has 0 fully saturated rings. The van der Waals surface area contributed by atoms with Crippen molar-refractivity contribution in [2.75, 3.05) is 19.6 Å². The average Bonchev–Trinajstić information content (AvgIpc) is 2.59. The van der Waals surface area contributed by atoms with Crippen LogP contribution in [0.15, 0.2) is 24.3 Å². The Morgan fingerprint density at radius 1 is 1.22 bits per heavy atom. The van der Waals surface area contributed by atoms with Gasteiger partial charge in [-0.05, 0) is 19.1 Å². The van der Waals surface area contributed by atoms with Crippen LogP contribution in [0, 0.1) is 0 Å². The number of benzene rings is 1. The fourth-order valence-electron chi connectivity index (χ4n) is 1.94. The molecule has 2 amide bonds. The zero-order chi connectivity index (χ0) is 13.1. The molecule has 96 valence electrons. The number of imide groups is 1. The maximum Gasteiger partial charge on any atom is 0.261 e. The van der Waals surface area contributed by atoms with Crippen molar-refractivity contribution in [2.24, 2.45) is 0 Å². The number of aliphatic hydroxyl groups is 1. The SMILES string of the molecule is CC(O)CNCCN1C(=O)c2ccccc2C1=O. The van der Waals surface area contributed by atoms with E-state index in [1.54, 1.807) is 31.2 Å². The third-order valence-electron chi connectivity index (χ3n) is 2.83. The molecule has 1 aliphatic heterocycles. The van der Waals surface area contributed by atoms with Gasteiger partial charge in [0.05, 0.1) is 17.2 Å². The Morgan fingerprint density at radius 2 is 1.78 bits per heavy atom. The standard InChI is InChI=1S/C13H16N2O3/c1-9(16)8-14-6-7-15-12(17)10-4-2-3-5-11(10)13(15)18/h2-5,9,14,16H,6-8H2,1H3. The zero-order valence-corrected chi connectivity index (χ0v) is 10.2. The summed E-state index contributed by atoms with van der Waals surface area (Å²) in [7, 11) is 0. The van der Waals surface area contributed by atoms with Gasteiger partial charge in [-0.25, -0.2) is 0 Å². The molecule has 1 heterocycles. The summed E-state index contributed by atoms with van der Waals surface area (Å²) < 4.78 is 0. The van der Waals surface area contributed by atoms with Crippen molar-refractivity contribution < 1.29 is 14.7 Å². The first-order valence-corrected chi connectivity index (χ1v) is 5.95. The summed E-state index contributed by atoms with van der Waals surface area (Å²) in [6.45, 7) is 2.92. The summed E-state index contributed by atoms with van der Waals surface area (Å²) in [5.74, 6) is -0.483. The summed E-state index contributed by atoms with van der Waals surface area (Å²) >= 11 is 0. The van der Waals surface area contributed by atoms with Crippen LogP contribution in [0.5, 0.6) is 0 Å². The van der Waals surface area contributed by atoms with Crippen LogP contribution in [0.4, 0.5) is 0 Å². The first-order chi connectivity index (χ1) is 8.61. The summed E-state index contributed by atoms with van der Waals surface area (Å²) in [5.41, 5.74) is 0.941. The second-order valence-electron chi connectivity index (χ2n) is 4.36. The van der Waals surface area contributed by atoms with Crippen molar-refractivity contribution in [3.8, 4) is 0 Å². The van der Waals surface area contributed by atoms with Crippen LogP contribution in [0.25, 0.3) is 0 Å². The molecule has 0 saturated carbocycles. The van der Waals surface area contributed by atoms with Crippen LogP contribution in [-0.4, -0.2) is 47.6 Å². The first kappa shape index (κ1) is 12.7. The predicted molar refractivity (Wildman–Crippen MR) is 66.4 cm³/mol. The summed E-state index contributed by atoms with van der Waals surface area (Å²) in [4.78, 5) is 25.2. The molecule has 0 saturated heterocycles. The molecule has 0 bridgehead atoms. The van der Waals surface area contributed by atoms with Gasteiger partial charge in [0.15, 0.2) is 0 Å². The highest BCUT2D eigenvalue weighted by atomic mass is 16.3. The number of nitrogens with zero attached hydrogens (tertiary/aromatic N) is 1. The average molecular weight is 248 g/mol. The Labute approximate surface area is 105 Å². The van der Waals surface area contributed by atoms with Crippen molar-refractivity contribution in [3.05, 3.63) is 35.4 Å². The minimum atomic E-state index is -0.438. The molecule has 1 atom stereocenters. The van der Waals surface area contributed by atoms with E-state index in [9.17, 15) is 9.59 Å². The Bertz CT molecular complexity index is 436. The van der Waals surface area contributed by atoms with Gasteiger partial charge in [0, 0.05) is 19.6 Å². The van der Waals surface area contributed by atoms with Gasteiger partial charge in [-0.2, -0.15) is 0 Å². The lowest BCUT2D eigenvalue weighted by molar-refractivity contribution is 0.0654. The van der Waals surface area contributed by atoms with Crippen LogP contribution in [0.1, 0.15) is 27.6 Å². The monoisotopic (exact) mass is 248 g/mol. The van der Waals surface area contributed by atoms with Gasteiger partial charge in [0.2, 0.25) is 0 Å². The van der Waals surface area contributed by atoms with Crippen molar-refractivity contribution in [1.29, 1.82) is 0 Å². The number of aliphatic hydroxyl groups excluding tert-OH is 1. The Morgan fingerprint density at radius 3 is 2.28 bits per heavy atom. The summed E-state index contributed by atoms with van der Waals surface area (Å²) in [6.07, 6.45) is -0.438. The number of fused-ring (bicyclic) bond motifs is 1. The predicted octanol–water partition coefficient (Wildman–Crippen LogP) is 0.253. The van der Waals surface area contributed by atoms with Crippen LogP contribution in [0.3, 0.4) is 0 Å². The van der Waals surface area contributed by atoms with E-state index >= 15 is 0 Å². The molecular weight excluding hydrogens is 232 g/mol. The summed E-state index contributed by atoms with van der Waals surface area (Å²) in [6, 6.07) is 6.83. The Balaban J connectivity index is 1.97. The Hall–Kier alpha value is -1.72. The van der Waals surface area contributed by atoms with Crippen molar-refractivity contribution in [1.82, 2.24) is 10.2 Å². The van der Waals surface area contributed by atoms with E-state index < -0.39 is 6.10 Å². The van der Waals surface area contributed by atoms with Crippen LogP contribution in [-0.2, 0) is 0 Å². The summed E-state index contributed by atoms with van der Waals surface area (Å²) in [5, 5.41) is 12.1. The number of rotatable bonds is 5. The lowest BCUT2D eigenvalue weighted by Crippen LogP contribution is -2.37. The number of carbonyl (C=O) groups excluding carboxylic acids is 2. The molecule has 1 unspecified atom stereocenters. The van der Waals surface area contributed by atoms with E-state index in [0.29, 0.717) is 30.8 Å². The van der Waals surface area contributed by atoms with Gasteiger partial charge < -0.3 is 10.4 Å². The van der Waals surface area contributed by atoms with E-state index in [0.717, 1.165) is 0 Å². The lowest BCUT2D eigenvalue weighted by atomic mass is 10.1. The first-order valence-electron chi connectivity index (χ1n) is 5.95. The molecular formula is C13H16N2O3. The Kier molecular flexibility index (Phi) is 3.74. The van der Waals surface area contributed by atoms with Gasteiger partial charge >= 0.3 is 0 Å². The van der Waals surface area contributed by atoms with E-state index in [2.05, 4.69) is 5.32 Å². The number of hydrogen-bond acceptors (Lipinski definition) is 4. The zero-order valence-electron chi connectivity index (χ0n) is 10.2. The minimum absolute atomic E-state index is 0.241. The highest BCUT2D eigenvalue weighted by molar-refractivity contribution is 6.21. The number of carbonyl (C=O) groups is 2. The van der Waals surface area contributed by atoms with Gasteiger partial charge in [-0.1, -0.05) is 12.1 Å². The van der Waals surface area contributed by atoms with Crippen LogP contribution in [0.2, 0.25) is 0 Å². The van der Waals surface area contributed by atoms with E-state index in [4.69, 9.17) is 5.11 Å². The normalized spacial score (nSPS) is 16.0. The maximum absolute atomic E-state index is 12.0. The second-order valence-corrected chi connectivity index (χ2v) is 4.36. The molecule has 0 radical (unpaired) electrons. The number of hydrogen-bond donors (Lipinski definition) is 2. The van der Waals surface area contributed by atoms with Crippen LogP contribution >= 0.6 is 0 Å². The molecule has 0 spiro atoms. The van der Waals surface area contributed by atoms with E-state index in [-0.39, 0.29) is 11.8 Å². The van der Waals surface area contributed by atoms with E-state index in [1.165, 1.54) is 4.90 Å². The lowest BCUT2D eigenvalue weighted by Gasteiger charge is -2.14. The third-order valence-corrected chi connectivity index (χ3v) is 2.83. The molecule has 1 aromatic rings. The van der Waals surface area contributed by atoms with Crippen molar-refractivity contribution in [2.45, 2.75) is 13.0 Å². The molecule has 5 heteroatoms. The molecule has 1 aromatic carbocycles. The van der Waals surface area contributed by atoms with Gasteiger partial charge in [-0.15, -0.1) is 0 Å². The third kappa shape index (κ3) is 2.42. The number of amides is 2. The number of nitrogens with one attached hydrogen (secondary N) is 1. The second kappa shape index (κ2) is 5.29. The van der Waals surface area contributed by atoms with E-state index in [1.807, 2.05) is 0 Å². The highest BCUT2D eigenvalue weighted by Gasteiger charge is 2.34. The topological polar surface area (TPSA) is 69.6 Å². The molecule has 18 heavy (non-hydrogen) atoms. The molecule has 2 N–H and O–H groups in total. The van der Waals surface area contributed by atoms with Crippen molar-refractivity contribution >= 4 is 11.8 Å². The van der Waals surface area contributed by atoms with Crippen molar-refractivity contribution in [3.63, 3.8) is 0 Å². The van der Waals surface area contributed by atoms with Crippen LogP contribution < -0.4 is 5.32 Å². The highest BCUT2D eigenvalue weighted by Crippen LogP contribution is 2.21.